The normalized spacial score (nSPS) is 12.5. The Labute approximate surface area is 200 Å². The average molecular weight is 499 g/mol. The van der Waals surface area contributed by atoms with Crippen molar-refractivity contribution in [3.05, 3.63) is 119 Å². The summed E-state index contributed by atoms with van der Waals surface area (Å²) in [7, 11) is -7.51. The van der Waals surface area contributed by atoms with Crippen LogP contribution in [0.2, 0.25) is 0 Å². The molecule has 4 aromatic carbocycles. The second-order valence-corrected chi connectivity index (χ2v) is 12.5. The molecule has 0 heterocycles. The van der Waals surface area contributed by atoms with Crippen molar-refractivity contribution in [2.24, 2.45) is 0 Å². The Hall–Kier alpha value is -3.00. The van der Waals surface area contributed by atoms with Crippen LogP contribution in [0, 0.1) is 32.4 Å². The number of halogens is 2. The van der Waals surface area contributed by atoms with Crippen LogP contribution in [0.5, 0.6) is 0 Å². The first-order valence-electron chi connectivity index (χ1n) is 10.6. The highest BCUT2D eigenvalue weighted by molar-refractivity contribution is 8.33. The van der Waals surface area contributed by atoms with Crippen molar-refractivity contribution >= 4 is 20.4 Å². The Kier molecular flexibility index (Phi) is 6.62. The van der Waals surface area contributed by atoms with Crippen LogP contribution in [0.3, 0.4) is 0 Å². The second-order valence-electron chi connectivity index (χ2n) is 8.09. The summed E-state index contributed by atoms with van der Waals surface area (Å²) in [5.74, 6) is -2.07. The maximum Gasteiger partial charge on any atom is 0.310 e. The van der Waals surface area contributed by atoms with E-state index in [0.29, 0.717) is 20.8 Å². The number of benzene rings is 4. The standard InChI is InChI=1S/C27H24F2O3S2/c1-19-4-11-23(12-5-19)33(24-13-6-20(2)7-14-24,25-15-8-21(3)9-16-25)32-34(30,31)27-17-10-22(28)18-26(27)29/h4-18H,1-3H3. The van der Waals surface area contributed by atoms with Crippen molar-refractivity contribution in [1.82, 2.24) is 0 Å². The lowest BCUT2D eigenvalue weighted by molar-refractivity contribution is 0.493. The largest absolute Gasteiger partial charge is 0.310 e. The fraction of sp³-hybridized carbons (Fsp3) is 0.111. The SMILES string of the molecule is Cc1ccc(S(OS(=O)(=O)c2ccc(F)cc2F)(c2ccc(C)cc2)c2ccc(C)cc2)cc1. The molecule has 34 heavy (non-hydrogen) atoms. The van der Waals surface area contributed by atoms with Crippen LogP contribution in [0.25, 0.3) is 0 Å². The first-order valence-corrected chi connectivity index (χ1v) is 13.5. The van der Waals surface area contributed by atoms with Gasteiger partial charge in [0.05, 0.1) is 0 Å². The van der Waals surface area contributed by atoms with Gasteiger partial charge in [-0.25, -0.2) is 12.4 Å². The molecule has 0 aromatic heterocycles. The molecule has 0 amide bonds. The highest BCUT2D eigenvalue weighted by Crippen LogP contribution is 2.70. The number of aryl methyl sites for hydroxylation is 3. The molecule has 0 aliphatic heterocycles. The van der Waals surface area contributed by atoms with Crippen LogP contribution in [0.15, 0.2) is 111 Å². The molecule has 0 radical (unpaired) electrons. The van der Waals surface area contributed by atoms with E-state index < -0.39 is 37.0 Å². The molecule has 0 aliphatic carbocycles. The van der Waals surface area contributed by atoms with Crippen LogP contribution >= 0.6 is 10.3 Å². The van der Waals surface area contributed by atoms with Gasteiger partial charge < -0.3 is 0 Å². The summed E-state index contributed by atoms with van der Waals surface area (Å²) in [6.45, 7) is 5.80. The van der Waals surface area contributed by atoms with E-state index in [1.807, 2.05) is 93.6 Å². The second kappa shape index (κ2) is 9.33. The van der Waals surface area contributed by atoms with E-state index in [2.05, 4.69) is 0 Å². The summed E-state index contributed by atoms with van der Waals surface area (Å²) >= 11 is 0. The van der Waals surface area contributed by atoms with Gasteiger partial charge in [-0.3, -0.25) is 0 Å². The fourth-order valence-corrected chi connectivity index (χ4v) is 8.78. The van der Waals surface area contributed by atoms with E-state index in [1.165, 1.54) is 0 Å². The molecule has 4 aromatic rings. The van der Waals surface area contributed by atoms with Gasteiger partial charge in [0.2, 0.25) is 0 Å². The summed E-state index contributed by atoms with van der Waals surface area (Å²) in [5, 5.41) is 0. The smallest absolute Gasteiger partial charge is 0.207 e. The summed E-state index contributed by atoms with van der Waals surface area (Å²) in [5.41, 5.74) is 2.99. The highest BCUT2D eigenvalue weighted by Gasteiger charge is 2.39. The van der Waals surface area contributed by atoms with Crippen LogP contribution in [-0.4, -0.2) is 8.42 Å². The molecular weight excluding hydrogens is 474 g/mol. The topological polar surface area (TPSA) is 43.4 Å². The van der Waals surface area contributed by atoms with Gasteiger partial charge in [0.1, 0.15) is 16.5 Å². The maximum absolute atomic E-state index is 14.6. The third kappa shape index (κ3) is 4.64. The lowest BCUT2D eigenvalue weighted by Gasteiger charge is -2.39. The van der Waals surface area contributed by atoms with Crippen LogP contribution < -0.4 is 0 Å². The van der Waals surface area contributed by atoms with Crippen LogP contribution in [0.4, 0.5) is 8.78 Å². The monoisotopic (exact) mass is 498 g/mol. The molecule has 0 saturated carbocycles. The molecule has 0 spiro atoms. The molecule has 176 valence electrons. The minimum absolute atomic E-state index is 0.539. The summed E-state index contributed by atoms with van der Waals surface area (Å²) in [6, 6.07) is 24.6. The Balaban J connectivity index is 2.04. The van der Waals surface area contributed by atoms with E-state index in [-0.39, 0.29) is 0 Å². The third-order valence-corrected chi connectivity index (χ3v) is 10.6. The summed E-state index contributed by atoms with van der Waals surface area (Å²) in [6.07, 6.45) is 0. The van der Waals surface area contributed by atoms with Crippen LogP contribution in [-0.2, 0) is 13.7 Å². The summed E-state index contributed by atoms with van der Waals surface area (Å²) in [4.78, 5) is 1.20. The van der Waals surface area contributed by atoms with Crippen molar-refractivity contribution in [2.75, 3.05) is 0 Å². The first-order chi connectivity index (χ1) is 16.1. The van der Waals surface area contributed by atoms with Crippen molar-refractivity contribution in [3.8, 4) is 0 Å². The van der Waals surface area contributed by atoms with E-state index in [1.54, 1.807) is 0 Å². The zero-order chi connectivity index (χ0) is 24.5. The average Bonchev–Trinajstić information content (AvgIpc) is 2.79. The number of rotatable bonds is 6. The Morgan fingerprint density at radius 1 is 0.588 bits per heavy atom. The molecule has 0 fully saturated rings. The van der Waals surface area contributed by atoms with Gasteiger partial charge in [0.25, 0.3) is 0 Å². The van der Waals surface area contributed by atoms with Crippen LogP contribution in [0.1, 0.15) is 16.7 Å². The molecule has 0 atom stereocenters. The lowest BCUT2D eigenvalue weighted by atomic mass is 10.2. The first kappa shape index (κ1) is 24.1. The highest BCUT2D eigenvalue weighted by atomic mass is 32.3. The molecular formula is C27H24F2O3S2. The van der Waals surface area contributed by atoms with Crippen molar-refractivity contribution < 1.29 is 20.8 Å². The zero-order valence-corrected chi connectivity index (χ0v) is 20.6. The van der Waals surface area contributed by atoms with E-state index >= 15 is 0 Å². The van der Waals surface area contributed by atoms with Gasteiger partial charge in [0, 0.05) is 20.8 Å². The third-order valence-electron chi connectivity index (χ3n) is 5.41. The molecule has 0 saturated heterocycles. The lowest BCUT2D eigenvalue weighted by Crippen LogP contribution is -2.15. The molecule has 3 nitrogen and oxygen atoms in total. The molecule has 4 rings (SSSR count). The number of hydrogen-bond donors (Lipinski definition) is 0. The van der Waals surface area contributed by atoms with Crippen molar-refractivity contribution in [2.45, 2.75) is 40.4 Å². The maximum atomic E-state index is 14.6. The van der Waals surface area contributed by atoms with Gasteiger partial charge in [0.15, 0.2) is 0 Å². The Bertz CT molecular complexity index is 1300. The fourth-order valence-electron chi connectivity index (χ4n) is 3.56. The molecule has 0 unspecified atom stereocenters. The minimum Gasteiger partial charge on any atom is -0.207 e. The van der Waals surface area contributed by atoms with E-state index in [4.69, 9.17) is 3.63 Å². The van der Waals surface area contributed by atoms with Gasteiger partial charge in [-0.05, 0) is 79.6 Å². The molecule has 7 heteroatoms. The Morgan fingerprint density at radius 2 is 0.971 bits per heavy atom. The van der Waals surface area contributed by atoms with E-state index in [9.17, 15) is 17.2 Å². The summed E-state index contributed by atoms with van der Waals surface area (Å²) < 4.78 is 61.3. The van der Waals surface area contributed by atoms with Gasteiger partial charge in [-0.2, -0.15) is 8.42 Å². The van der Waals surface area contributed by atoms with Gasteiger partial charge in [-0.15, -0.1) is 0 Å². The Morgan fingerprint density at radius 3 is 1.32 bits per heavy atom. The van der Waals surface area contributed by atoms with Crippen molar-refractivity contribution in [1.29, 1.82) is 0 Å². The predicted molar refractivity (Wildman–Crippen MR) is 131 cm³/mol. The zero-order valence-electron chi connectivity index (χ0n) is 19.0. The van der Waals surface area contributed by atoms with Crippen molar-refractivity contribution in [3.63, 3.8) is 0 Å². The molecule has 0 N–H and O–H groups in total. The number of hydrogen-bond acceptors (Lipinski definition) is 3. The van der Waals surface area contributed by atoms with Gasteiger partial charge >= 0.3 is 10.1 Å². The minimum atomic E-state index is -4.64. The predicted octanol–water partition coefficient (Wildman–Crippen LogP) is 7.49. The van der Waals surface area contributed by atoms with Gasteiger partial charge in [-0.1, -0.05) is 53.1 Å². The quantitative estimate of drug-likeness (QED) is 0.277. The molecule has 0 bridgehead atoms. The van der Waals surface area contributed by atoms with E-state index in [0.717, 1.165) is 28.8 Å². The molecule has 0 aliphatic rings.